The van der Waals surface area contributed by atoms with Crippen LogP contribution in [-0.2, 0) is 9.59 Å². The van der Waals surface area contributed by atoms with Crippen molar-refractivity contribution in [1.29, 1.82) is 0 Å². The summed E-state index contributed by atoms with van der Waals surface area (Å²) in [5.41, 5.74) is 0. The van der Waals surface area contributed by atoms with E-state index in [9.17, 15) is 9.59 Å². The summed E-state index contributed by atoms with van der Waals surface area (Å²) < 4.78 is 0. The maximum atomic E-state index is 10.6. The molecule has 94 valence electrons. The Morgan fingerprint density at radius 2 is 1.31 bits per heavy atom. The predicted octanol–water partition coefficient (Wildman–Crippen LogP) is -0.287. The molecule has 0 saturated carbocycles. The zero-order valence-corrected chi connectivity index (χ0v) is 10.7. The number of nitrogens with one attached hydrogen (secondary N) is 2. The average Bonchev–Trinajstić information content (AvgIpc) is 2.22. The lowest BCUT2D eigenvalue weighted by Crippen LogP contribution is -2.37. The largest absolute Gasteiger partial charge is 0.480 e. The van der Waals surface area contributed by atoms with Gasteiger partial charge in [-0.25, -0.2) is 0 Å². The van der Waals surface area contributed by atoms with Gasteiger partial charge in [0.05, 0.1) is 0 Å². The number of carbonyl (C=O) groups is 2. The van der Waals surface area contributed by atoms with Crippen molar-refractivity contribution in [3.05, 3.63) is 0 Å². The molecule has 1 unspecified atom stereocenters. The minimum Gasteiger partial charge on any atom is -0.480 e. The molecule has 0 radical (unpaired) electrons. The molecule has 0 spiro atoms. The van der Waals surface area contributed by atoms with Crippen molar-refractivity contribution in [2.75, 3.05) is 25.6 Å². The van der Waals surface area contributed by atoms with Crippen LogP contribution in [0.2, 0.25) is 0 Å². The molecule has 0 aliphatic heterocycles. The van der Waals surface area contributed by atoms with Crippen LogP contribution in [0.4, 0.5) is 0 Å². The van der Waals surface area contributed by atoms with Crippen molar-refractivity contribution >= 4 is 33.5 Å². The number of hydrogen-bond donors (Lipinski definition) is 4. The number of carboxylic acids is 2. The monoisotopic (exact) mass is 268 g/mol. The zero-order valence-electron chi connectivity index (χ0n) is 9.10. The molecule has 0 fully saturated rings. The topological polar surface area (TPSA) is 98.7 Å². The van der Waals surface area contributed by atoms with Crippen LogP contribution < -0.4 is 10.6 Å². The zero-order chi connectivity index (χ0) is 12.6. The van der Waals surface area contributed by atoms with E-state index < -0.39 is 24.0 Å². The highest BCUT2D eigenvalue weighted by Crippen LogP contribution is 2.22. The van der Waals surface area contributed by atoms with E-state index in [2.05, 4.69) is 10.6 Å². The highest BCUT2D eigenvalue weighted by atomic mass is 33.1. The summed E-state index contributed by atoms with van der Waals surface area (Å²) in [5.74, 6) is -1.02. The van der Waals surface area contributed by atoms with Crippen molar-refractivity contribution in [1.82, 2.24) is 10.6 Å². The third-order valence-electron chi connectivity index (χ3n) is 1.85. The summed E-state index contributed by atoms with van der Waals surface area (Å²) in [6, 6.07) is -1.20. The standard InChI is InChI=1S/C8H16N2O4S2/c1-9-5(7(11)12)3-15-16-4-6(10-2)8(13)14/h5-6,9-10H,3-4H2,1-2H3,(H,11,12)(H,13,14)/t5-,6?/m0/s1. The molecule has 4 N–H and O–H groups in total. The third kappa shape index (κ3) is 6.21. The lowest BCUT2D eigenvalue weighted by atomic mass is 10.3. The van der Waals surface area contributed by atoms with E-state index in [4.69, 9.17) is 10.2 Å². The van der Waals surface area contributed by atoms with Crippen molar-refractivity contribution in [2.24, 2.45) is 0 Å². The van der Waals surface area contributed by atoms with E-state index in [1.54, 1.807) is 14.1 Å². The maximum Gasteiger partial charge on any atom is 0.321 e. The first-order valence-corrected chi connectivity index (χ1v) is 7.06. The molecule has 0 aromatic heterocycles. The van der Waals surface area contributed by atoms with Gasteiger partial charge in [-0.15, -0.1) is 0 Å². The Labute approximate surface area is 102 Å². The molecular weight excluding hydrogens is 252 g/mol. The minimum absolute atomic E-state index is 0.395. The third-order valence-corrected chi connectivity index (χ3v) is 4.27. The predicted molar refractivity (Wildman–Crippen MR) is 65.9 cm³/mol. The van der Waals surface area contributed by atoms with E-state index in [0.717, 1.165) is 0 Å². The first-order valence-electron chi connectivity index (χ1n) is 4.57. The van der Waals surface area contributed by atoms with E-state index >= 15 is 0 Å². The molecule has 2 atom stereocenters. The Balaban J connectivity index is 3.73. The molecule has 0 aliphatic rings. The first-order chi connectivity index (χ1) is 7.52. The van der Waals surface area contributed by atoms with E-state index in [1.165, 1.54) is 21.6 Å². The Morgan fingerprint density at radius 3 is 1.50 bits per heavy atom. The summed E-state index contributed by atoms with van der Waals surface area (Å²) >= 11 is 0. The lowest BCUT2D eigenvalue weighted by Gasteiger charge is -2.12. The van der Waals surface area contributed by atoms with Gasteiger partial charge in [-0.2, -0.15) is 0 Å². The van der Waals surface area contributed by atoms with Crippen LogP contribution in [0.3, 0.4) is 0 Å². The van der Waals surface area contributed by atoms with Crippen LogP contribution in [0.25, 0.3) is 0 Å². The van der Waals surface area contributed by atoms with Crippen LogP contribution in [-0.4, -0.2) is 59.8 Å². The smallest absolute Gasteiger partial charge is 0.321 e. The van der Waals surface area contributed by atoms with Crippen LogP contribution in [0.1, 0.15) is 0 Å². The maximum absolute atomic E-state index is 10.6. The van der Waals surface area contributed by atoms with Gasteiger partial charge in [0.25, 0.3) is 0 Å². The van der Waals surface area contributed by atoms with Gasteiger partial charge in [0, 0.05) is 11.5 Å². The molecule has 0 heterocycles. The second-order valence-corrected chi connectivity index (χ2v) is 5.48. The number of likely N-dealkylation sites (N-methyl/N-ethyl adjacent to an activating group) is 2. The Bertz CT molecular complexity index is 216. The molecule has 16 heavy (non-hydrogen) atoms. The number of hydrogen-bond acceptors (Lipinski definition) is 6. The Hall–Kier alpha value is -0.440. The molecule has 0 amide bonds. The SMILES string of the molecule is CNC(CSSC[C@H](NC)C(=O)O)C(=O)O. The summed E-state index contributed by atoms with van der Waals surface area (Å²) in [6.45, 7) is 0. The summed E-state index contributed by atoms with van der Waals surface area (Å²) in [7, 11) is 5.85. The summed E-state index contributed by atoms with van der Waals surface area (Å²) in [6.07, 6.45) is 0. The number of aliphatic carboxylic acids is 2. The molecule has 8 heteroatoms. The summed E-state index contributed by atoms with van der Waals surface area (Å²) in [5, 5.41) is 22.8. The van der Waals surface area contributed by atoms with Crippen molar-refractivity contribution in [2.45, 2.75) is 12.1 Å². The second-order valence-electron chi connectivity index (χ2n) is 2.93. The second kappa shape index (κ2) is 8.68. The Morgan fingerprint density at radius 1 is 1.00 bits per heavy atom. The highest BCUT2D eigenvalue weighted by Gasteiger charge is 2.17. The van der Waals surface area contributed by atoms with Crippen LogP contribution in [0.15, 0.2) is 0 Å². The quantitative estimate of drug-likeness (QED) is 0.334. The number of rotatable bonds is 9. The van der Waals surface area contributed by atoms with Gasteiger partial charge in [0.2, 0.25) is 0 Å². The van der Waals surface area contributed by atoms with Crippen molar-refractivity contribution in [3.63, 3.8) is 0 Å². The minimum atomic E-state index is -0.904. The van der Waals surface area contributed by atoms with Gasteiger partial charge in [-0.3, -0.25) is 9.59 Å². The van der Waals surface area contributed by atoms with Gasteiger partial charge in [-0.05, 0) is 14.1 Å². The lowest BCUT2D eigenvalue weighted by molar-refractivity contribution is -0.139. The van der Waals surface area contributed by atoms with Gasteiger partial charge >= 0.3 is 11.9 Å². The van der Waals surface area contributed by atoms with Crippen molar-refractivity contribution < 1.29 is 19.8 Å². The summed E-state index contributed by atoms with van der Waals surface area (Å²) in [4.78, 5) is 21.3. The fourth-order valence-corrected chi connectivity index (χ4v) is 3.27. The fourth-order valence-electron chi connectivity index (χ4n) is 0.789. The molecular formula is C8H16N2O4S2. The highest BCUT2D eigenvalue weighted by molar-refractivity contribution is 8.76. The molecule has 6 nitrogen and oxygen atoms in total. The molecule has 0 rings (SSSR count). The van der Waals surface area contributed by atoms with Gasteiger partial charge in [0.15, 0.2) is 0 Å². The van der Waals surface area contributed by atoms with Gasteiger partial charge < -0.3 is 20.8 Å². The first kappa shape index (κ1) is 15.6. The van der Waals surface area contributed by atoms with Crippen LogP contribution in [0, 0.1) is 0 Å². The Kier molecular flexibility index (Phi) is 8.44. The average molecular weight is 268 g/mol. The van der Waals surface area contributed by atoms with Crippen LogP contribution in [0.5, 0.6) is 0 Å². The fraction of sp³-hybridized carbons (Fsp3) is 0.750. The van der Waals surface area contributed by atoms with E-state index in [1.807, 2.05) is 0 Å². The van der Waals surface area contributed by atoms with Gasteiger partial charge in [-0.1, -0.05) is 21.6 Å². The van der Waals surface area contributed by atoms with Crippen molar-refractivity contribution in [3.8, 4) is 0 Å². The molecule has 0 saturated heterocycles. The molecule has 0 aromatic rings. The van der Waals surface area contributed by atoms with E-state index in [0.29, 0.717) is 11.5 Å². The van der Waals surface area contributed by atoms with Gasteiger partial charge in [0.1, 0.15) is 12.1 Å². The molecule has 0 bridgehead atoms. The normalized spacial score (nSPS) is 14.4. The molecule has 0 aliphatic carbocycles. The van der Waals surface area contributed by atoms with E-state index in [-0.39, 0.29) is 0 Å². The number of carboxylic acid groups (broad SMARTS) is 2. The molecule has 0 aromatic carbocycles. The van der Waals surface area contributed by atoms with Crippen LogP contribution >= 0.6 is 21.6 Å².